The van der Waals surface area contributed by atoms with Crippen molar-refractivity contribution in [3.63, 3.8) is 0 Å². The first-order valence-corrected chi connectivity index (χ1v) is 18.7. The van der Waals surface area contributed by atoms with Crippen LogP contribution < -0.4 is 0 Å². The first-order valence-electron chi connectivity index (χ1n) is 18.7. The average molecular weight is 720 g/mol. The van der Waals surface area contributed by atoms with E-state index in [1.54, 1.807) is 12.2 Å². The molecule has 0 radical (unpaired) electrons. The number of nitrogens with zero attached hydrogens (tertiary/aromatic N) is 5. The van der Waals surface area contributed by atoms with Crippen molar-refractivity contribution in [1.29, 1.82) is 0 Å². The van der Waals surface area contributed by atoms with Gasteiger partial charge in [0.1, 0.15) is 0 Å². The number of allylic oxidation sites excluding steroid dienone is 12. The van der Waals surface area contributed by atoms with Crippen LogP contribution in [0.1, 0.15) is 17.4 Å². The van der Waals surface area contributed by atoms with Crippen LogP contribution in [0.5, 0.6) is 0 Å². The van der Waals surface area contributed by atoms with Gasteiger partial charge in [0.2, 0.25) is 0 Å². The lowest BCUT2D eigenvalue weighted by Gasteiger charge is -2.27. The molecule has 2 heterocycles. The molecule has 2 unspecified atom stereocenters. The van der Waals surface area contributed by atoms with Gasteiger partial charge >= 0.3 is 0 Å². The lowest BCUT2D eigenvalue weighted by molar-refractivity contribution is 0.652. The van der Waals surface area contributed by atoms with Crippen molar-refractivity contribution in [1.82, 2.24) is 24.9 Å². The monoisotopic (exact) mass is 719 g/mol. The van der Waals surface area contributed by atoms with Gasteiger partial charge < -0.3 is 0 Å². The maximum atomic E-state index is 5.25. The van der Waals surface area contributed by atoms with Crippen LogP contribution in [0.25, 0.3) is 72.9 Å². The van der Waals surface area contributed by atoms with E-state index in [-0.39, 0.29) is 11.8 Å². The van der Waals surface area contributed by atoms with Gasteiger partial charge in [0.25, 0.3) is 0 Å². The Bertz CT molecular complexity index is 2770. The van der Waals surface area contributed by atoms with Crippen LogP contribution in [0.4, 0.5) is 0 Å². The lowest BCUT2D eigenvalue weighted by Crippen LogP contribution is -2.16. The Kier molecular flexibility index (Phi) is 9.32. The molecule has 0 spiro atoms. The maximum absolute atomic E-state index is 5.25. The van der Waals surface area contributed by atoms with Gasteiger partial charge in [-0.3, -0.25) is 0 Å². The Hall–Kier alpha value is -7.37. The van der Waals surface area contributed by atoms with Crippen LogP contribution in [0.2, 0.25) is 0 Å². The predicted molar refractivity (Wildman–Crippen MR) is 230 cm³/mol. The third-order valence-corrected chi connectivity index (χ3v) is 10.3. The zero-order chi connectivity index (χ0) is 37.8. The summed E-state index contributed by atoms with van der Waals surface area (Å²) in [5, 5.41) is 2.13. The van der Waals surface area contributed by atoms with E-state index in [0.717, 1.165) is 61.1 Å². The third kappa shape index (κ3) is 6.67. The molecule has 2 atom stereocenters. The van der Waals surface area contributed by atoms with Crippen LogP contribution in [0.15, 0.2) is 207 Å². The average Bonchev–Trinajstić information content (AvgIpc) is 3.28. The summed E-state index contributed by atoms with van der Waals surface area (Å²) in [6.45, 7) is 7.95. The summed E-state index contributed by atoms with van der Waals surface area (Å²) < 4.78 is 0. The van der Waals surface area contributed by atoms with Crippen LogP contribution in [-0.2, 0) is 0 Å². The van der Waals surface area contributed by atoms with Gasteiger partial charge in [-0.05, 0) is 33.5 Å². The Morgan fingerprint density at radius 3 is 2.02 bits per heavy atom. The molecule has 0 fully saturated rings. The number of rotatable bonds is 9. The molecule has 0 bridgehead atoms. The Labute approximate surface area is 326 Å². The van der Waals surface area contributed by atoms with Crippen LogP contribution in [0.3, 0.4) is 0 Å². The summed E-state index contributed by atoms with van der Waals surface area (Å²) in [6.07, 6.45) is 20.6. The van der Waals surface area contributed by atoms with Gasteiger partial charge in [0.05, 0.1) is 11.4 Å². The molecule has 0 saturated heterocycles. The standard InChI is InChI=1S/C51H37N5/c1-3-16-34(4-2)48-54-50(39-21-9-6-10-22-39)56-51(55-48)47-42-25-14-12-18-36(42)31-32-43(47)37-27-29-40(30-28-37)49-52-45(38-19-7-5-8-20-38)33-46(53-49)44-26-15-23-35-17-11-13-24-41(35)44/h3-33,41,44H,1-2H2/b34-16+. The van der Waals surface area contributed by atoms with Crippen LogP contribution in [-0.4, -0.2) is 24.9 Å². The molecule has 0 amide bonds. The molecule has 56 heavy (non-hydrogen) atoms. The van der Waals surface area contributed by atoms with Crippen molar-refractivity contribution in [3.05, 3.63) is 218 Å². The zero-order valence-corrected chi connectivity index (χ0v) is 30.7. The van der Waals surface area contributed by atoms with Crippen molar-refractivity contribution in [2.45, 2.75) is 5.92 Å². The minimum atomic E-state index is 0.0915. The second-order valence-corrected chi connectivity index (χ2v) is 13.7. The van der Waals surface area contributed by atoms with Crippen molar-refractivity contribution in [2.24, 2.45) is 5.92 Å². The molecule has 266 valence electrons. The molecule has 7 aromatic rings. The molecule has 9 rings (SSSR count). The molecular weight excluding hydrogens is 683 g/mol. The van der Waals surface area contributed by atoms with Gasteiger partial charge in [0, 0.05) is 39.7 Å². The highest BCUT2D eigenvalue weighted by Gasteiger charge is 2.27. The SMILES string of the molecule is C=C/C=C(\C=C)c1nc(-c2ccccc2)nc(-c2c(-c3ccc(-c4nc(-c5ccccc5)cc(C5C=CC=C6C=CC=CC65)n4)cc3)ccc3ccccc23)n1. The fraction of sp³-hybridized carbons (Fsp3) is 0.0392. The molecule has 5 heteroatoms. The normalized spacial score (nSPS) is 16.0. The highest BCUT2D eigenvalue weighted by molar-refractivity contribution is 6.03. The van der Waals surface area contributed by atoms with Gasteiger partial charge in [0.15, 0.2) is 23.3 Å². The van der Waals surface area contributed by atoms with Gasteiger partial charge in [-0.2, -0.15) is 0 Å². The number of aromatic nitrogens is 5. The van der Waals surface area contributed by atoms with E-state index in [1.807, 2.05) is 42.5 Å². The fourth-order valence-electron chi connectivity index (χ4n) is 7.52. The van der Waals surface area contributed by atoms with Crippen molar-refractivity contribution < 1.29 is 0 Å². The lowest BCUT2D eigenvalue weighted by atomic mass is 9.78. The van der Waals surface area contributed by atoms with E-state index in [0.29, 0.717) is 23.3 Å². The molecule has 0 N–H and O–H groups in total. The summed E-state index contributed by atoms with van der Waals surface area (Å²) in [6, 6.07) is 43.7. The van der Waals surface area contributed by atoms with Crippen LogP contribution >= 0.6 is 0 Å². The summed E-state index contributed by atoms with van der Waals surface area (Å²) >= 11 is 0. The molecular formula is C51H37N5. The Morgan fingerprint density at radius 1 is 0.554 bits per heavy atom. The summed E-state index contributed by atoms with van der Waals surface area (Å²) in [7, 11) is 0. The first-order chi connectivity index (χ1) is 27.7. The van der Waals surface area contributed by atoms with E-state index in [4.69, 9.17) is 24.9 Å². The van der Waals surface area contributed by atoms with Crippen molar-refractivity contribution in [3.8, 4) is 56.5 Å². The van der Waals surface area contributed by atoms with E-state index in [9.17, 15) is 0 Å². The molecule has 2 aliphatic carbocycles. The quantitative estimate of drug-likeness (QED) is 0.139. The molecule has 5 aromatic carbocycles. The number of benzene rings is 5. The molecule has 0 aliphatic heterocycles. The van der Waals surface area contributed by atoms with Gasteiger partial charge in [-0.15, -0.1) is 0 Å². The van der Waals surface area contributed by atoms with Crippen LogP contribution in [0, 0.1) is 5.92 Å². The van der Waals surface area contributed by atoms with E-state index >= 15 is 0 Å². The minimum absolute atomic E-state index is 0.0915. The van der Waals surface area contributed by atoms with Gasteiger partial charge in [-0.1, -0.05) is 195 Å². The molecule has 2 aliphatic rings. The fourth-order valence-corrected chi connectivity index (χ4v) is 7.52. The predicted octanol–water partition coefficient (Wildman–Crippen LogP) is 12.2. The molecule has 5 nitrogen and oxygen atoms in total. The third-order valence-electron chi connectivity index (χ3n) is 10.3. The van der Waals surface area contributed by atoms with Gasteiger partial charge in [-0.25, -0.2) is 24.9 Å². The summed E-state index contributed by atoms with van der Waals surface area (Å²) in [5.74, 6) is 2.68. The first kappa shape index (κ1) is 34.4. The van der Waals surface area contributed by atoms with E-state index < -0.39 is 0 Å². The van der Waals surface area contributed by atoms with Crippen molar-refractivity contribution >= 4 is 16.3 Å². The van der Waals surface area contributed by atoms with E-state index in [2.05, 4.69) is 147 Å². The maximum Gasteiger partial charge on any atom is 0.165 e. The second-order valence-electron chi connectivity index (χ2n) is 13.7. The minimum Gasteiger partial charge on any atom is -0.232 e. The van der Waals surface area contributed by atoms with E-state index in [1.165, 1.54) is 5.57 Å². The Balaban J connectivity index is 1.18. The zero-order valence-electron chi connectivity index (χ0n) is 30.7. The van der Waals surface area contributed by atoms with Crippen molar-refractivity contribution in [2.75, 3.05) is 0 Å². The smallest absolute Gasteiger partial charge is 0.165 e. The highest BCUT2D eigenvalue weighted by Crippen LogP contribution is 2.40. The number of hydrogen-bond donors (Lipinski definition) is 0. The molecule has 0 saturated carbocycles. The summed E-state index contributed by atoms with van der Waals surface area (Å²) in [5.41, 5.74) is 9.77. The topological polar surface area (TPSA) is 64.5 Å². The number of hydrogen-bond acceptors (Lipinski definition) is 5. The number of fused-ring (bicyclic) bond motifs is 2. The Morgan fingerprint density at radius 2 is 1.23 bits per heavy atom. The highest BCUT2D eigenvalue weighted by atomic mass is 15.0. The largest absolute Gasteiger partial charge is 0.232 e. The summed E-state index contributed by atoms with van der Waals surface area (Å²) in [4.78, 5) is 25.5. The molecule has 2 aromatic heterocycles. The second kappa shape index (κ2) is 15.2.